The van der Waals surface area contributed by atoms with Gasteiger partial charge in [-0.15, -0.1) is 0 Å². The molecule has 0 amide bonds. The van der Waals surface area contributed by atoms with E-state index in [1.807, 2.05) is 0 Å². The number of aromatic nitrogens is 1. The fourth-order valence-corrected chi connectivity index (χ4v) is 1.21. The van der Waals surface area contributed by atoms with Crippen LogP contribution in [0.25, 0.3) is 0 Å². The summed E-state index contributed by atoms with van der Waals surface area (Å²) in [6, 6.07) is 2.96. The number of ether oxygens (including phenoxy) is 2. The van der Waals surface area contributed by atoms with Crippen LogP contribution >= 0.6 is 0 Å². The number of nitro groups is 1. The van der Waals surface area contributed by atoms with Crippen molar-refractivity contribution in [3.05, 3.63) is 27.9 Å². The fraction of sp³-hybridized carbons (Fsp3) is 0.500. The minimum absolute atomic E-state index is 0.0366. The average Bonchev–Trinajstić information content (AvgIpc) is 2.17. The van der Waals surface area contributed by atoms with Crippen LogP contribution < -0.4 is 4.74 Å². The molecule has 0 radical (unpaired) electrons. The molecule has 0 saturated heterocycles. The monoisotopic (exact) mass is 226 g/mol. The molecule has 6 nitrogen and oxygen atoms in total. The molecule has 1 aromatic rings. The molecular weight excluding hydrogens is 212 g/mol. The predicted molar refractivity (Wildman–Crippen MR) is 57.6 cm³/mol. The van der Waals surface area contributed by atoms with Crippen LogP contribution in [0.15, 0.2) is 12.1 Å². The van der Waals surface area contributed by atoms with E-state index >= 15 is 0 Å². The molecule has 0 saturated carbocycles. The maximum absolute atomic E-state index is 10.7. The molecule has 88 valence electrons. The lowest BCUT2D eigenvalue weighted by molar-refractivity contribution is -0.386. The first-order valence-electron chi connectivity index (χ1n) is 4.82. The lowest BCUT2D eigenvalue weighted by Crippen LogP contribution is -2.19. The molecule has 0 aliphatic heterocycles. The van der Waals surface area contributed by atoms with Crippen molar-refractivity contribution in [2.75, 3.05) is 13.7 Å². The van der Waals surface area contributed by atoms with Crippen molar-refractivity contribution in [3.63, 3.8) is 0 Å². The van der Waals surface area contributed by atoms with Gasteiger partial charge in [-0.2, -0.15) is 0 Å². The molecule has 6 heteroatoms. The number of rotatable bonds is 5. The van der Waals surface area contributed by atoms with Crippen molar-refractivity contribution in [1.29, 1.82) is 0 Å². The highest BCUT2D eigenvalue weighted by Gasteiger charge is 2.18. The molecule has 1 atom stereocenters. The van der Waals surface area contributed by atoms with Gasteiger partial charge in [-0.05, 0) is 19.9 Å². The minimum Gasteiger partial charge on any atom is -0.467 e. The maximum atomic E-state index is 10.7. The lowest BCUT2D eigenvalue weighted by Gasteiger charge is -2.12. The summed E-state index contributed by atoms with van der Waals surface area (Å²) in [4.78, 5) is 14.2. The third kappa shape index (κ3) is 3.16. The number of pyridine rings is 1. The molecule has 0 aliphatic carbocycles. The van der Waals surface area contributed by atoms with E-state index in [-0.39, 0.29) is 17.7 Å². The highest BCUT2D eigenvalue weighted by Crippen LogP contribution is 2.25. The van der Waals surface area contributed by atoms with E-state index in [0.717, 1.165) is 0 Å². The molecular formula is C10H14N2O4. The second kappa shape index (κ2) is 5.41. The second-order valence-corrected chi connectivity index (χ2v) is 3.42. The summed E-state index contributed by atoms with van der Waals surface area (Å²) in [6.45, 7) is 3.86. The summed E-state index contributed by atoms with van der Waals surface area (Å²) in [5, 5.41) is 10.7. The molecule has 0 bridgehead atoms. The van der Waals surface area contributed by atoms with Crippen LogP contribution in [0.2, 0.25) is 0 Å². The standard InChI is InChI=1S/C10H14N2O4/c1-7-4-5-9(12(13)14)10(11-7)16-8(2)6-15-3/h4-5,8H,6H2,1-3H3. The fourth-order valence-electron chi connectivity index (χ4n) is 1.21. The third-order valence-corrected chi connectivity index (χ3v) is 1.89. The van der Waals surface area contributed by atoms with Crippen LogP contribution in [0.5, 0.6) is 5.88 Å². The number of hydrogen-bond donors (Lipinski definition) is 0. The van der Waals surface area contributed by atoms with Gasteiger partial charge in [0.15, 0.2) is 0 Å². The van der Waals surface area contributed by atoms with Crippen LogP contribution in [-0.2, 0) is 4.74 Å². The zero-order valence-electron chi connectivity index (χ0n) is 9.47. The first kappa shape index (κ1) is 12.4. The van der Waals surface area contributed by atoms with Crippen molar-refractivity contribution in [2.24, 2.45) is 0 Å². The van der Waals surface area contributed by atoms with E-state index in [4.69, 9.17) is 9.47 Å². The van der Waals surface area contributed by atoms with E-state index in [1.165, 1.54) is 13.2 Å². The smallest absolute Gasteiger partial charge is 0.330 e. The van der Waals surface area contributed by atoms with E-state index in [2.05, 4.69) is 4.98 Å². The quantitative estimate of drug-likeness (QED) is 0.564. The van der Waals surface area contributed by atoms with Crippen molar-refractivity contribution in [2.45, 2.75) is 20.0 Å². The molecule has 0 aliphatic rings. The molecule has 0 fully saturated rings. The topological polar surface area (TPSA) is 74.5 Å². The molecule has 16 heavy (non-hydrogen) atoms. The van der Waals surface area contributed by atoms with Crippen LogP contribution in [0.3, 0.4) is 0 Å². The van der Waals surface area contributed by atoms with Gasteiger partial charge in [0.25, 0.3) is 5.88 Å². The van der Waals surface area contributed by atoms with Gasteiger partial charge in [0.1, 0.15) is 6.10 Å². The summed E-state index contributed by atoms with van der Waals surface area (Å²) in [6.07, 6.45) is -0.280. The van der Waals surface area contributed by atoms with Gasteiger partial charge in [-0.3, -0.25) is 10.1 Å². The third-order valence-electron chi connectivity index (χ3n) is 1.89. The molecule has 0 N–H and O–H groups in total. The predicted octanol–water partition coefficient (Wildman–Crippen LogP) is 1.71. The van der Waals surface area contributed by atoms with Crippen molar-refractivity contribution >= 4 is 5.69 Å². The summed E-state index contributed by atoms with van der Waals surface area (Å²) < 4.78 is 10.2. The Morgan fingerprint density at radius 3 is 2.81 bits per heavy atom. The SMILES string of the molecule is COCC(C)Oc1nc(C)ccc1[N+](=O)[O-]. The zero-order chi connectivity index (χ0) is 12.1. The second-order valence-electron chi connectivity index (χ2n) is 3.42. The number of aryl methyl sites for hydroxylation is 1. The number of nitrogens with zero attached hydrogens (tertiary/aromatic N) is 2. The summed E-state index contributed by atoms with van der Waals surface area (Å²) in [7, 11) is 1.54. The van der Waals surface area contributed by atoms with Gasteiger partial charge in [-0.25, -0.2) is 4.98 Å². The summed E-state index contributed by atoms with van der Waals surface area (Å²) >= 11 is 0. The molecule has 1 heterocycles. The normalized spacial score (nSPS) is 12.2. The van der Waals surface area contributed by atoms with E-state index in [1.54, 1.807) is 19.9 Å². The molecule has 1 aromatic heterocycles. The van der Waals surface area contributed by atoms with E-state index in [9.17, 15) is 10.1 Å². The van der Waals surface area contributed by atoms with Crippen LogP contribution in [0.1, 0.15) is 12.6 Å². The highest BCUT2D eigenvalue weighted by atomic mass is 16.6. The zero-order valence-corrected chi connectivity index (χ0v) is 9.47. The van der Waals surface area contributed by atoms with Gasteiger partial charge >= 0.3 is 5.69 Å². The lowest BCUT2D eigenvalue weighted by atomic mass is 10.3. The van der Waals surface area contributed by atoms with Gasteiger partial charge in [-0.1, -0.05) is 0 Å². The van der Waals surface area contributed by atoms with Crippen molar-refractivity contribution in [3.8, 4) is 5.88 Å². The Kier molecular flexibility index (Phi) is 4.19. The average molecular weight is 226 g/mol. The number of hydrogen-bond acceptors (Lipinski definition) is 5. The molecule has 1 rings (SSSR count). The Balaban J connectivity index is 2.92. The van der Waals surface area contributed by atoms with Gasteiger partial charge < -0.3 is 9.47 Å². The van der Waals surface area contributed by atoms with E-state index in [0.29, 0.717) is 12.3 Å². The van der Waals surface area contributed by atoms with Crippen molar-refractivity contribution in [1.82, 2.24) is 4.98 Å². The van der Waals surface area contributed by atoms with Gasteiger partial charge in [0.2, 0.25) is 0 Å². The Labute approximate surface area is 93.4 Å². The Morgan fingerprint density at radius 2 is 2.25 bits per heavy atom. The Bertz CT molecular complexity index is 381. The minimum atomic E-state index is -0.513. The van der Waals surface area contributed by atoms with E-state index < -0.39 is 4.92 Å². The van der Waals surface area contributed by atoms with Crippen LogP contribution in [-0.4, -0.2) is 29.7 Å². The Hall–Kier alpha value is -1.69. The number of methoxy groups -OCH3 is 1. The highest BCUT2D eigenvalue weighted by molar-refractivity contribution is 5.41. The maximum Gasteiger partial charge on any atom is 0.330 e. The van der Waals surface area contributed by atoms with Gasteiger partial charge in [0, 0.05) is 18.9 Å². The molecule has 1 unspecified atom stereocenters. The largest absolute Gasteiger partial charge is 0.467 e. The van der Waals surface area contributed by atoms with Crippen LogP contribution in [0, 0.1) is 17.0 Å². The summed E-state index contributed by atoms with van der Waals surface area (Å²) in [5.41, 5.74) is 0.541. The van der Waals surface area contributed by atoms with Crippen molar-refractivity contribution < 1.29 is 14.4 Å². The first-order chi connectivity index (χ1) is 7.54. The molecule has 0 spiro atoms. The van der Waals surface area contributed by atoms with Crippen LogP contribution in [0.4, 0.5) is 5.69 Å². The molecule has 0 aromatic carbocycles. The Morgan fingerprint density at radius 1 is 1.56 bits per heavy atom. The first-order valence-corrected chi connectivity index (χ1v) is 4.82. The summed E-state index contributed by atoms with van der Waals surface area (Å²) in [5.74, 6) is 0.0366. The van der Waals surface area contributed by atoms with Gasteiger partial charge in [0.05, 0.1) is 11.5 Å².